The van der Waals surface area contributed by atoms with Crippen molar-refractivity contribution in [2.75, 3.05) is 19.0 Å². The maximum absolute atomic E-state index is 11.0. The molecule has 1 aromatic heterocycles. The third-order valence-electron chi connectivity index (χ3n) is 2.23. The molecule has 0 atom stereocenters. The zero-order chi connectivity index (χ0) is 11.6. The molecule has 0 saturated carbocycles. The molecule has 0 N–H and O–H groups in total. The lowest BCUT2D eigenvalue weighted by molar-refractivity contribution is 0.112. The molecule has 84 valence electrons. The van der Waals surface area contributed by atoms with E-state index in [-0.39, 0.29) is 0 Å². The predicted molar refractivity (Wildman–Crippen MR) is 61.5 cm³/mol. The van der Waals surface area contributed by atoms with E-state index < -0.39 is 0 Å². The van der Waals surface area contributed by atoms with Gasteiger partial charge < -0.3 is 4.90 Å². The largest absolute Gasteiger partial charge is 0.362 e. The van der Waals surface area contributed by atoms with Gasteiger partial charge in [-0.1, -0.05) is 13.8 Å². The van der Waals surface area contributed by atoms with E-state index in [1.807, 2.05) is 30.6 Å². The number of carbonyl (C=O) groups is 1. The van der Waals surface area contributed by atoms with Gasteiger partial charge in [-0.2, -0.15) is 5.10 Å². The second kappa shape index (κ2) is 4.47. The van der Waals surface area contributed by atoms with Gasteiger partial charge in [-0.05, 0) is 12.8 Å². The van der Waals surface area contributed by atoms with Crippen LogP contribution in [-0.4, -0.2) is 30.2 Å². The Balaban J connectivity index is 3.20. The van der Waals surface area contributed by atoms with Crippen LogP contribution < -0.4 is 4.90 Å². The van der Waals surface area contributed by atoms with Gasteiger partial charge in [0.25, 0.3) is 0 Å². The Morgan fingerprint density at radius 1 is 1.47 bits per heavy atom. The van der Waals surface area contributed by atoms with Crippen LogP contribution in [0.5, 0.6) is 0 Å². The van der Waals surface area contributed by atoms with Gasteiger partial charge in [-0.15, -0.1) is 0 Å². The van der Waals surface area contributed by atoms with Gasteiger partial charge in [0.05, 0.1) is 11.3 Å². The summed E-state index contributed by atoms with van der Waals surface area (Å²) in [5.74, 6) is 1.42. The number of hydrogen-bond donors (Lipinski definition) is 0. The smallest absolute Gasteiger partial charge is 0.155 e. The summed E-state index contributed by atoms with van der Waals surface area (Å²) in [5.41, 5.74) is 1.50. The van der Waals surface area contributed by atoms with Crippen LogP contribution >= 0.6 is 0 Å². The Labute approximate surface area is 90.9 Å². The van der Waals surface area contributed by atoms with Gasteiger partial charge in [0.1, 0.15) is 5.82 Å². The first-order valence-corrected chi connectivity index (χ1v) is 5.17. The number of carbonyl (C=O) groups excluding carboxylic acids is 1. The van der Waals surface area contributed by atoms with E-state index in [1.54, 1.807) is 0 Å². The summed E-state index contributed by atoms with van der Waals surface area (Å²) in [6.45, 7) is 6.98. The van der Waals surface area contributed by atoms with Gasteiger partial charge in [0.2, 0.25) is 0 Å². The summed E-state index contributed by atoms with van der Waals surface area (Å²) in [6, 6.07) is 0. The van der Waals surface area contributed by atoms with Crippen LogP contribution in [0.1, 0.15) is 29.9 Å². The van der Waals surface area contributed by atoms with Gasteiger partial charge in [0.15, 0.2) is 6.29 Å². The first kappa shape index (κ1) is 11.8. The third kappa shape index (κ3) is 2.37. The summed E-state index contributed by atoms with van der Waals surface area (Å²) in [6.07, 6.45) is 0.883. The number of hydrogen-bond acceptors (Lipinski definition) is 3. The Morgan fingerprint density at radius 2 is 2.07 bits per heavy atom. The molecule has 4 heteroatoms. The Bertz CT molecular complexity index is 353. The first-order chi connectivity index (χ1) is 6.97. The number of rotatable bonds is 4. The van der Waals surface area contributed by atoms with Crippen molar-refractivity contribution in [2.24, 2.45) is 5.92 Å². The molecule has 0 aliphatic carbocycles. The lowest BCUT2D eigenvalue weighted by Crippen LogP contribution is -2.18. The molecular formula is C11H19N3O. The van der Waals surface area contributed by atoms with Crippen LogP contribution in [0.2, 0.25) is 0 Å². The van der Waals surface area contributed by atoms with Gasteiger partial charge in [-0.3, -0.25) is 4.79 Å². The Morgan fingerprint density at radius 3 is 2.47 bits per heavy atom. The summed E-state index contributed by atoms with van der Waals surface area (Å²) in [4.78, 5) is 12.9. The molecule has 4 nitrogen and oxygen atoms in total. The summed E-state index contributed by atoms with van der Waals surface area (Å²) < 4.78 is 1.91. The minimum absolute atomic E-state index is 0.516. The van der Waals surface area contributed by atoms with E-state index in [0.717, 1.165) is 24.3 Å². The molecular weight excluding hydrogens is 190 g/mol. The highest BCUT2D eigenvalue weighted by Crippen LogP contribution is 2.21. The monoisotopic (exact) mass is 209 g/mol. The maximum atomic E-state index is 11.0. The molecule has 1 heterocycles. The highest BCUT2D eigenvalue weighted by molar-refractivity contribution is 5.84. The van der Waals surface area contributed by atoms with Gasteiger partial charge in [-0.25, -0.2) is 4.68 Å². The Hall–Kier alpha value is -1.32. The number of aromatic nitrogens is 2. The fraction of sp³-hybridized carbons (Fsp3) is 0.636. The highest BCUT2D eigenvalue weighted by atomic mass is 16.1. The summed E-state index contributed by atoms with van der Waals surface area (Å²) in [5, 5.41) is 4.39. The van der Waals surface area contributed by atoms with E-state index in [0.29, 0.717) is 11.5 Å². The van der Waals surface area contributed by atoms with Crippen molar-refractivity contribution in [1.82, 2.24) is 9.78 Å². The van der Waals surface area contributed by atoms with Crippen molar-refractivity contribution >= 4 is 12.1 Å². The minimum Gasteiger partial charge on any atom is -0.362 e. The Kier molecular flexibility index (Phi) is 3.50. The van der Waals surface area contributed by atoms with E-state index in [1.165, 1.54) is 0 Å². The van der Waals surface area contributed by atoms with Crippen molar-refractivity contribution in [3.63, 3.8) is 0 Å². The molecule has 15 heavy (non-hydrogen) atoms. The van der Waals surface area contributed by atoms with Gasteiger partial charge in [0, 0.05) is 20.6 Å². The number of aryl methyl sites for hydroxylation is 1. The molecule has 0 aliphatic rings. The first-order valence-electron chi connectivity index (χ1n) is 5.17. The molecule has 0 saturated heterocycles. The molecule has 0 unspecified atom stereocenters. The molecule has 1 rings (SSSR count). The normalized spacial score (nSPS) is 10.8. The molecule has 0 fully saturated rings. The second-order valence-electron chi connectivity index (χ2n) is 4.41. The van der Waals surface area contributed by atoms with E-state index in [9.17, 15) is 4.79 Å². The van der Waals surface area contributed by atoms with E-state index in [4.69, 9.17) is 0 Å². The SMILES string of the molecule is Cc1nn(CC(C)C)c(N(C)C)c1C=O. The molecule has 0 amide bonds. The van der Waals surface area contributed by atoms with Crippen molar-refractivity contribution in [3.8, 4) is 0 Å². The zero-order valence-corrected chi connectivity index (χ0v) is 10.1. The van der Waals surface area contributed by atoms with Crippen molar-refractivity contribution in [1.29, 1.82) is 0 Å². The molecule has 0 radical (unpaired) electrons. The molecule has 0 spiro atoms. The number of nitrogens with zero attached hydrogens (tertiary/aromatic N) is 3. The summed E-state index contributed by atoms with van der Waals surface area (Å²) >= 11 is 0. The van der Waals surface area contributed by atoms with Crippen molar-refractivity contribution in [2.45, 2.75) is 27.3 Å². The molecule has 1 aromatic rings. The summed E-state index contributed by atoms with van der Waals surface area (Å²) in [7, 11) is 3.86. The predicted octanol–water partition coefficient (Wildman–Crippen LogP) is 1.73. The van der Waals surface area contributed by atoms with Crippen LogP contribution in [0.15, 0.2) is 0 Å². The molecule has 0 aromatic carbocycles. The quantitative estimate of drug-likeness (QED) is 0.709. The van der Waals surface area contributed by atoms with Gasteiger partial charge >= 0.3 is 0 Å². The van der Waals surface area contributed by atoms with Crippen LogP contribution in [0.4, 0.5) is 5.82 Å². The fourth-order valence-corrected chi connectivity index (χ4v) is 1.67. The number of aldehydes is 1. The topological polar surface area (TPSA) is 38.1 Å². The van der Waals surface area contributed by atoms with E-state index >= 15 is 0 Å². The van der Waals surface area contributed by atoms with Crippen LogP contribution in [0.25, 0.3) is 0 Å². The maximum Gasteiger partial charge on any atom is 0.155 e. The lowest BCUT2D eigenvalue weighted by Gasteiger charge is -2.16. The average molecular weight is 209 g/mol. The standard InChI is InChI=1S/C11H19N3O/c1-8(2)6-14-11(13(4)5)10(7-15)9(3)12-14/h7-8H,6H2,1-5H3. The molecule has 0 bridgehead atoms. The van der Waals surface area contributed by atoms with Crippen LogP contribution in [-0.2, 0) is 6.54 Å². The zero-order valence-electron chi connectivity index (χ0n) is 10.1. The fourth-order valence-electron chi connectivity index (χ4n) is 1.67. The molecule has 0 aliphatic heterocycles. The highest BCUT2D eigenvalue weighted by Gasteiger charge is 2.16. The second-order valence-corrected chi connectivity index (χ2v) is 4.41. The minimum atomic E-state index is 0.516. The lowest BCUT2D eigenvalue weighted by atomic mass is 10.2. The van der Waals surface area contributed by atoms with Crippen molar-refractivity contribution in [3.05, 3.63) is 11.3 Å². The van der Waals surface area contributed by atoms with Crippen LogP contribution in [0.3, 0.4) is 0 Å². The van der Waals surface area contributed by atoms with Crippen LogP contribution in [0, 0.1) is 12.8 Å². The van der Waals surface area contributed by atoms with Crippen molar-refractivity contribution < 1.29 is 4.79 Å². The number of anilines is 1. The third-order valence-corrected chi connectivity index (χ3v) is 2.23. The van der Waals surface area contributed by atoms with E-state index in [2.05, 4.69) is 18.9 Å². The average Bonchev–Trinajstić information content (AvgIpc) is 2.40.